The fourth-order valence-corrected chi connectivity index (χ4v) is 1.27. The number of rotatable bonds is 0. The zero-order chi connectivity index (χ0) is 10.3. The van der Waals surface area contributed by atoms with Crippen LogP contribution in [-0.2, 0) is 6.18 Å². The van der Waals surface area contributed by atoms with Gasteiger partial charge in [-0.15, -0.1) is 0 Å². The number of halogens is 4. The standard InChI is InChI=1S/C8H3ClF3NO/c9-7-5-3-4(8(10,11)12)1-2-6(5)14-13-7/h1-3H. The third-order valence-electron chi connectivity index (χ3n) is 1.75. The lowest BCUT2D eigenvalue weighted by Crippen LogP contribution is -2.03. The Morgan fingerprint density at radius 1 is 1.29 bits per heavy atom. The largest absolute Gasteiger partial charge is 0.416 e. The van der Waals surface area contributed by atoms with Crippen LogP contribution in [-0.4, -0.2) is 5.16 Å². The number of aromatic nitrogens is 1. The summed E-state index contributed by atoms with van der Waals surface area (Å²) in [5.41, 5.74) is -0.530. The Morgan fingerprint density at radius 3 is 2.64 bits per heavy atom. The van der Waals surface area contributed by atoms with Gasteiger partial charge >= 0.3 is 6.18 Å². The summed E-state index contributed by atoms with van der Waals surface area (Å²) < 4.78 is 41.4. The van der Waals surface area contributed by atoms with E-state index in [9.17, 15) is 13.2 Å². The Hall–Kier alpha value is -1.23. The number of hydrogen-bond donors (Lipinski definition) is 0. The van der Waals surface area contributed by atoms with Gasteiger partial charge in [0.15, 0.2) is 10.7 Å². The van der Waals surface area contributed by atoms with E-state index in [1.807, 2.05) is 0 Å². The molecule has 1 aromatic carbocycles. The molecule has 0 spiro atoms. The summed E-state index contributed by atoms with van der Waals surface area (Å²) in [5.74, 6) is 0. The molecule has 0 atom stereocenters. The van der Waals surface area contributed by atoms with Crippen LogP contribution in [0.25, 0.3) is 11.0 Å². The molecule has 0 amide bonds. The predicted octanol–water partition coefficient (Wildman–Crippen LogP) is 3.50. The molecule has 2 aromatic rings. The van der Waals surface area contributed by atoms with E-state index in [2.05, 4.69) is 9.68 Å². The van der Waals surface area contributed by atoms with Crippen LogP contribution in [0.5, 0.6) is 0 Å². The molecule has 1 aromatic heterocycles. The first-order chi connectivity index (χ1) is 6.48. The van der Waals surface area contributed by atoms with Crippen LogP contribution in [0.2, 0.25) is 5.15 Å². The highest BCUT2D eigenvalue weighted by Gasteiger charge is 2.31. The van der Waals surface area contributed by atoms with E-state index in [0.717, 1.165) is 12.1 Å². The molecule has 2 rings (SSSR count). The van der Waals surface area contributed by atoms with Gasteiger partial charge in [0.1, 0.15) is 0 Å². The topological polar surface area (TPSA) is 26.0 Å². The summed E-state index contributed by atoms with van der Waals surface area (Å²) in [5, 5.41) is 3.45. The molecule has 0 bridgehead atoms. The number of fused-ring (bicyclic) bond motifs is 1. The lowest BCUT2D eigenvalue weighted by atomic mass is 10.1. The lowest BCUT2D eigenvalue weighted by molar-refractivity contribution is -0.137. The van der Waals surface area contributed by atoms with E-state index in [1.54, 1.807) is 0 Å². The number of nitrogens with zero attached hydrogens (tertiary/aromatic N) is 1. The second-order valence-corrected chi connectivity index (χ2v) is 3.04. The normalized spacial score (nSPS) is 12.3. The molecule has 0 aliphatic carbocycles. The average molecular weight is 222 g/mol. The summed E-state index contributed by atoms with van der Waals surface area (Å²) in [6, 6.07) is 3.02. The Bertz CT molecular complexity index is 477. The van der Waals surface area contributed by atoms with Crippen LogP contribution in [0.15, 0.2) is 22.7 Å². The molecule has 14 heavy (non-hydrogen) atoms. The quantitative estimate of drug-likeness (QED) is 0.681. The number of benzene rings is 1. The van der Waals surface area contributed by atoms with Crippen molar-refractivity contribution in [1.29, 1.82) is 0 Å². The first kappa shape index (κ1) is 9.33. The average Bonchev–Trinajstić information content (AvgIpc) is 2.46. The molecule has 0 unspecified atom stereocenters. The van der Waals surface area contributed by atoms with Crippen molar-refractivity contribution < 1.29 is 17.7 Å². The first-order valence-corrected chi connectivity index (χ1v) is 3.98. The molecule has 0 aliphatic heterocycles. The molecule has 74 valence electrons. The molecule has 0 radical (unpaired) electrons. The van der Waals surface area contributed by atoms with E-state index in [0.29, 0.717) is 0 Å². The summed E-state index contributed by atoms with van der Waals surface area (Å²) in [6.45, 7) is 0. The second kappa shape index (κ2) is 2.88. The Morgan fingerprint density at radius 2 is 2.00 bits per heavy atom. The van der Waals surface area contributed by atoms with Crippen molar-refractivity contribution in [3.8, 4) is 0 Å². The minimum absolute atomic E-state index is 0.0638. The highest BCUT2D eigenvalue weighted by atomic mass is 35.5. The number of hydrogen-bond acceptors (Lipinski definition) is 2. The summed E-state index contributed by atoms with van der Waals surface area (Å²) in [6.07, 6.45) is -4.38. The minimum Gasteiger partial charge on any atom is -0.355 e. The summed E-state index contributed by atoms with van der Waals surface area (Å²) in [7, 11) is 0. The fraction of sp³-hybridized carbons (Fsp3) is 0.125. The smallest absolute Gasteiger partial charge is 0.355 e. The maximum absolute atomic E-state index is 12.3. The van der Waals surface area contributed by atoms with Gasteiger partial charge in [-0.25, -0.2) is 0 Å². The zero-order valence-corrected chi connectivity index (χ0v) is 7.36. The molecular formula is C8H3ClF3NO. The maximum atomic E-state index is 12.3. The van der Waals surface area contributed by atoms with Crippen LogP contribution < -0.4 is 0 Å². The monoisotopic (exact) mass is 221 g/mol. The zero-order valence-electron chi connectivity index (χ0n) is 6.60. The van der Waals surface area contributed by atoms with E-state index < -0.39 is 11.7 Å². The van der Waals surface area contributed by atoms with Crippen molar-refractivity contribution in [2.24, 2.45) is 0 Å². The predicted molar refractivity (Wildman–Crippen MR) is 44.0 cm³/mol. The van der Waals surface area contributed by atoms with Gasteiger partial charge in [0.05, 0.1) is 10.9 Å². The van der Waals surface area contributed by atoms with Crippen molar-refractivity contribution in [1.82, 2.24) is 5.16 Å². The highest BCUT2D eigenvalue weighted by molar-refractivity contribution is 6.34. The molecule has 6 heteroatoms. The molecule has 0 aliphatic rings. The summed E-state index contributed by atoms with van der Waals surface area (Å²) in [4.78, 5) is 0. The van der Waals surface area contributed by atoms with Gasteiger partial charge in [-0.3, -0.25) is 0 Å². The van der Waals surface area contributed by atoms with Crippen molar-refractivity contribution in [3.05, 3.63) is 28.9 Å². The highest BCUT2D eigenvalue weighted by Crippen LogP contribution is 2.33. The third kappa shape index (κ3) is 1.43. The summed E-state index contributed by atoms with van der Waals surface area (Å²) >= 11 is 5.52. The lowest BCUT2D eigenvalue weighted by Gasteiger charge is -2.04. The van der Waals surface area contributed by atoms with Gasteiger partial charge in [0.25, 0.3) is 0 Å². The van der Waals surface area contributed by atoms with Gasteiger partial charge in [-0.05, 0) is 18.2 Å². The molecule has 0 N–H and O–H groups in total. The second-order valence-electron chi connectivity index (χ2n) is 2.68. The molecular weight excluding hydrogens is 219 g/mol. The molecule has 2 nitrogen and oxygen atoms in total. The van der Waals surface area contributed by atoms with Crippen LogP contribution in [0.1, 0.15) is 5.56 Å². The van der Waals surface area contributed by atoms with Crippen molar-refractivity contribution in [2.75, 3.05) is 0 Å². The first-order valence-electron chi connectivity index (χ1n) is 3.60. The third-order valence-corrected chi connectivity index (χ3v) is 2.03. The van der Waals surface area contributed by atoms with Gasteiger partial charge in [0, 0.05) is 0 Å². The van der Waals surface area contributed by atoms with Crippen LogP contribution in [0.4, 0.5) is 13.2 Å². The maximum Gasteiger partial charge on any atom is 0.416 e. The van der Waals surface area contributed by atoms with E-state index in [4.69, 9.17) is 11.6 Å². The molecule has 0 fully saturated rings. The van der Waals surface area contributed by atoms with E-state index in [-0.39, 0.29) is 16.1 Å². The number of alkyl halides is 3. The molecule has 0 saturated carbocycles. The Balaban J connectivity index is 2.66. The Labute approximate surface area is 81.2 Å². The van der Waals surface area contributed by atoms with Crippen molar-refractivity contribution >= 4 is 22.6 Å². The Kier molecular flexibility index (Phi) is 1.92. The SMILES string of the molecule is FC(F)(F)c1ccc2onc(Cl)c2c1. The van der Waals surface area contributed by atoms with Crippen LogP contribution in [0, 0.1) is 0 Å². The van der Waals surface area contributed by atoms with Gasteiger partial charge < -0.3 is 4.52 Å². The van der Waals surface area contributed by atoms with Gasteiger partial charge in [-0.1, -0.05) is 16.8 Å². The van der Waals surface area contributed by atoms with E-state index in [1.165, 1.54) is 6.07 Å². The fourth-order valence-electron chi connectivity index (χ4n) is 1.09. The minimum atomic E-state index is -4.38. The van der Waals surface area contributed by atoms with Crippen molar-refractivity contribution in [3.63, 3.8) is 0 Å². The van der Waals surface area contributed by atoms with Crippen molar-refractivity contribution in [2.45, 2.75) is 6.18 Å². The van der Waals surface area contributed by atoms with Gasteiger partial charge in [-0.2, -0.15) is 13.2 Å². The molecule has 0 saturated heterocycles. The van der Waals surface area contributed by atoms with Crippen LogP contribution >= 0.6 is 11.6 Å². The van der Waals surface area contributed by atoms with E-state index >= 15 is 0 Å². The molecule has 1 heterocycles. The van der Waals surface area contributed by atoms with Crippen LogP contribution in [0.3, 0.4) is 0 Å². The van der Waals surface area contributed by atoms with Gasteiger partial charge in [0.2, 0.25) is 0 Å².